The molecular weight excluding hydrogens is 400 g/mol. The molecule has 4 rings (SSSR count). The third-order valence-electron chi connectivity index (χ3n) is 6.31. The van der Waals surface area contributed by atoms with Gasteiger partial charge in [0.15, 0.2) is 0 Å². The number of fused-ring (bicyclic) bond motifs is 2. The molecule has 6 nitrogen and oxygen atoms in total. The van der Waals surface area contributed by atoms with Crippen LogP contribution in [0.3, 0.4) is 0 Å². The summed E-state index contributed by atoms with van der Waals surface area (Å²) in [4.78, 5) is 13.1. The molecule has 0 saturated heterocycles. The molecule has 160 valence electrons. The van der Waals surface area contributed by atoms with Gasteiger partial charge in [0.25, 0.3) is 10.0 Å². The standard InChI is InChI=1S/C23H28N2O4S/c1-16-8-11-22(29-2)21(12-16)25(30(27,28)19-6-4-3-5-7-19)15-23(26)24-20-14-17-9-10-18(20)13-17/h3-8,11-12,17-18,20H,9-10,13-15H2,1-2H3,(H,24,26). The zero-order valence-electron chi connectivity index (χ0n) is 17.4. The zero-order chi connectivity index (χ0) is 21.3. The van der Waals surface area contributed by atoms with Crippen molar-refractivity contribution in [2.24, 2.45) is 11.8 Å². The molecule has 0 aliphatic heterocycles. The Balaban J connectivity index is 1.65. The maximum atomic E-state index is 13.5. The molecule has 2 aliphatic carbocycles. The fourth-order valence-electron chi connectivity index (χ4n) is 4.82. The van der Waals surface area contributed by atoms with E-state index in [9.17, 15) is 13.2 Å². The first kappa shape index (κ1) is 20.7. The molecule has 1 amide bonds. The third kappa shape index (κ3) is 4.03. The molecule has 0 radical (unpaired) electrons. The molecule has 1 N–H and O–H groups in total. The van der Waals surface area contributed by atoms with Crippen molar-refractivity contribution in [2.45, 2.75) is 43.5 Å². The quantitative estimate of drug-likeness (QED) is 0.732. The minimum atomic E-state index is -3.95. The lowest BCUT2D eigenvalue weighted by atomic mass is 9.95. The summed E-state index contributed by atoms with van der Waals surface area (Å²) in [5.41, 5.74) is 1.25. The average molecular weight is 429 g/mol. The number of nitrogens with zero attached hydrogens (tertiary/aromatic N) is 1. The molecule has 2 bridgehead atoms. The fourth-order valence-corrected chi connectivity index (χ4v) is 6.26. The van der Waals surface area contributed by atoms with Gasteiger partial charge in [0.05, 0.1) is 17.7 Å². The van der Waals surface area contributed by atoms with Gasteiger partial charge in [-0.15, -0.1) is 0 Å². The number of anilines is 1. The number of ether oxygens (including phenoxy) is 1. The van der Waals surface area contributed by atoms with Gasteiger partial charge in [-0.25, -0.2) is 8.42 Å². The predicted molar refractivity (Wildman–Crippen MR) is 116 cm³/mol. The lowest BCUT2D eigenvalue weighted by Gasteiger charge is -2.28. The molecule has 2 aromatic carbocycles. The van der Waals surface area contributed by atoms with E-state index in [0.29, 0.717) is 23.3 Å². The summed E-state index contributed by atoms with van der Waals surface area (Å²) in [7, 11) is -2.45. The second kappa shape index (κ2) is 8.30. The number of amides is 1. The number of benzene rings is 2. The number of carbonyl (C=O) groups excluding carboxylic acids is 1. The summed E-state index contributed by atoms with van der Waals surface area (Å²) < 4.78 is 33.6. The molecule has 3 atom stereocenters. The van der Waals surface area contributed by atoms with Crippen LogP contribution >= 0.6 is 0 Å². The van der Waals surface area contributed by atoms with Crippen LogP contribution in [0.4, 0.5) is 5.69 Å². The van der Waals surface area contributed by atoms with Gasteiger partial charge in [-0.05, 0) is 67.9 Å². The van der Waals surface area contributed by atoms with E-state index in [2.05, 4.69) is 5.32 Å². The van der Waals surface area contributed by atoms with E-state index < -0.39 is 10.0 Å². The molecule has 0 aromatic heterocycles. The van der Waals surface area contributed by atoms with Crippen LogP contribution in [0, 0.1) is 18.8 Å². The van der Waals surface area contributed by atoms with Gasteiger partial charge < -0.3 is 10.1 Å². The molecule has 7 heteroatoms. The maximum Gasteiger partial charge on any atom is 0.264 e. The topological polar surface area (TPSA) is 75.7 Å². The predicted octanol–water partition coefficient (Wildman–Crippen LogP) is 3.50. The lowest BCUT2D eigenvalue weighted by molar-refractivity contribution is -0.120. The number of rotatable bonds is 7. The number of hydrogen-bond donors (Lipinski definition) is 1. The van der Waals surface area contributed by atoms with Crippen molar-refractivity contribution in [3.8, 4) is 5.75 Å². The summed E-state index contributed by atoms with van der Waals surface area (Å²) in [6, 6.07) is 13.7. The minimum absolute atomic E-state index is 0.140. The molecule has 2 fully saturated rings. The summed E-state index contributed by atoms with van der Waals surface area (Å²) in [5.74, 6) is 1.34. The Kier molecular flexibility index (Phi) is 5.73. The van der Waals surface area contributed by atoms with E-state index in [-0.39, 0.29) is 23.4 Å². The van der Waals surface area contributed by atoms with Gasteiger partial charge in [-0.3, -0.25) is 9.10 Å². The van der Waals surface area contributed by atoms with Gasteiger partial charge in [-0.1, -0.05) is 30.7 Å². The molecular formula is C23H28N2O4S. The van der Waals surface area contributed by atoms with Crippen LogP contribution in [0.15, 0.2) is 53.4 Å². The molecule has 0 spiro atoms. The highest BCUT2D eigenvalue weighted by Gasteiger charge is 2.40. The largest absolute Gasteiger partial charge is 0.495 e. The summed E-state index contributed by atoms with van der Waals surface area (Å²) in [6.45, 7) is 1.59. The van der Waals surface area contributed by atoms with Crippen LogP contribution in [-0.4, -0.2) is 34.0 Å². The zero-order valence-corrected chi connectivity index (χ0v) is 18.2. The van der Waals surface area contributed by atoms with Crippen molar-refractivity contribution in [1.29, 1.82) is 0 Å². The number of nitrogens with one attached hydrogen (secondary N) is 1. The Morgan fingerprint density at radius 2 is 1.90 bits per heavy atom. The number of sulfonamides is 1. The summed E-state index contributed by atoms with van der Waals surface area (Å²) in [6.07, 6.45) is 4.55. The Morgan fingerprint density at radius 1 is 1.13 bits per heavy atom. The molecule has 2 aliphatic rings. The Hall–Kier alpha value is -2.54. The number of carbonyl (C=O) groups is 1. The normalized spacial score (nSPS) is 22.7. The molecule has 30 heavy (non-hydrogen) atoms. The highest BCUT2D eigenvalue weighted by Crippen LogP contribution is 2.44. The fraction of sp³-hybridized carbons (Fsp3) is 0.435. The second-order valence-corrected chi connectivity index (χ2v) is 10.2. The maximum absolute atomic E-state index is 13.5. The van der Waals surface area contributed by atoms with Crippen molar-refractivity contribution >= 4 is 21.6 Å². The van der Waals surface area contributed by atoms with E-state index in [0.717, 1.165) is 22.7 Å². The van der Waals surface area contributed by atoms with Crippen LogP contribution in [0.25, 0.3) is 0 Å². The molecule has 0 heterocycles. The smallest absolute Gasteiger partial charge is 0.264 e. The first-order valence-corrected chi connectivity index (χ1v) is 11.8. The van der Waals surface area contributed by atoms with E-state index in [4.69, 9.17) is 4.74 Å². The van der Waals surface area contributed by atoms with Crippen molar-refractivity contribution in [2.75, 3.05) is 18.0 Å². The van der Waals surface area contributed by atoms with Crippen LogP contribution in [-0.2, 0) is 14.8 Å². The van der Waals surface area contributed by atoms with Crippen molar-refractivity contribution in [1.82, 2.24) is 5.32 Å². The van der Waals surface area contributed by atoms with E-state index >= 15 is 0 Å². The van der Waals surface area contributed by atoms with Crippen LogP contribution in [0.5, 0.6) is 5.75 Å². The van der Waals surface area contributed by atoms with Crippen molar-refractivity contribution < 1.29 is 17.9 Å². The summed E-state index contributed by atoms with van der Waals surface area (Å²) in [5, 5.41) is 3.10. The number of hydrogen-bond acceptors (Lipinski definition) is 4. The Morgan fingerprint density at radius 3 is 2.53 bits per heavy atom. The van der Waals surface area contributed by atoms with Gasteiger partial charge in [0.2, 0.25) is 5.91 Å². The molecule has 2 saturated carbocycles. The lowest BCUT2D eigenvalue weighted by Crippen LogP contribution is -2.46. The highest BCUT2D eigenvalue weighted by molar-refractivity contribution is 7.92. The van der Waals surface area contributed by atoms with E-state index in [1.54, 1.807) is 42.5 Å². The average Bonchev–Trinajstić information content (AvgIpc) is 3.36. The third-order valence-corrected chi connectivity index (χ3v) is 8.08. The first-order chi connectivity index (χ1) is 14.4. The van der Waals surface area contributed by atoms with E-state index in [1.807, 2.05) is 13.0 Å². The van der Waals surface area contributed by atoms with Crippen LogP contribution < -0.4 is 14.4 Å². The highest BCUT2D eigenvalue weighted by atomic mass is 32.2. The van der Waals surface area contributed by atoms with Crippen LogP contribution in [0.1, 0.15) is 31.2 Å². The monoisotopic (exact) mass is 428 g/mol. The van der Waals surface area contributed by atoms with Crippen molar-refractivity contribution in [3.63, 3.8) is 0 Å². The Labute approximate surface area is 178 Å². The Bertz CT molecular complexity index is 1020. The molecule has 2 aromatic rings. The number of methoxy groups -OCH3 is 1. The van der Waals surface area contributed by atoms with Gasteiger partial charge in [0, 0.05) is 6.04 Å². The SMILES string of the molecule is COc1ccc(C)cc1N(CC(=O)NC1CC2CCC1C2)S(=O)(=O)c1ccccc1. The summed E-state index contributed by atoms with van der Waals surface area (Å²) >= 11 is 0. The van der Waals surface area contributed by atoms with Crippen molar-refractivity contribution in [3.05, 3.63) is 54.1 Å². The van der Waals surface area contributed by atoms with Gasteiger partial charge in [-0.2, -0.15) is 0 Å². The van der Waals surface area contributed by atoms with Gasteiger partial charge in [0.1, 0.15) is 12.3 Å². The second-order valence-electron chi connectivity index (χ2n) is 8.35. The van der Waals surface area contributed by atoms with Crippen LogP contribution in [0.2, 0.25) is 0 Å². The van der Waals surface area contributed by atoms with Gasteiger partial charge >= 0.3 is 0 Å². The number of aryl methyl sites for hydroxylation is 1. The molecule has 3 unspecified atom stereocenters. The van der Waals surface area contributed by atoms with E-state index in [1.165, 1.54) is 20.0 Å². The minimum Gasteiger partial charge on any atom is -0.495 e. The first-order valence-electron chi connectivity index (χ1n) is 10.4.